The van der Waals surface area contributed by atoms with Gasteiger partial charge in [-0.2, -0.15) is 26.3 Å². The molecule has 0 atom stereocenters. The van der Waals surface area contributed by atoms with E-state index in [0.29, 0.717) is 0 Å². The smallest absolute Gasteiger partial charge is 0.416 e. The van der Waals surface area contributed by atoms with E-state index in [1.165, 1.54) is 27.3 Å². The number of nitrogens with zero attached hydrogens (tertiary/aromatic N) is 1. The summed E-state index contributed by atoms with van der Waals surface area (Å²) >= 11 is 0. The van der Waals surface area contributed by atoms with Crippen molar-refractivity contribution in [2.75, 3.05) is 26.5 Å². The number of methoxy groups -OCH3 is 1. The lowest BCUT2D eigenvalue weighted by Crippen LogP contribution is -2.22. The quantitative estimate of drug-likeness (QED) is 0.664. The molecule has 0 fully saturated rings. The molecule has 0 spiro atoms. The van der Waals surface area contributed by atoms with Gasteiger partial charge in [0.25, 0.3) is 5.91 Å². The van der Waals surface area contributed by atoms with Crippen LogP contribution in [0.1, 0.15) is 21.5 Å². The number of halogens is 6. The minimum absolute atomic E-state index is 0.0610. The van der Waals surface area contributed by atoms with Crippen LogP contribution in [0.5, 0.6) is 5.75 Å². The van der Waals surface area contributed by atoms with Crippen LogP contribution in [-0.2, 0) is 22.4 Å². The molecule has 0 aliphatic rings. The van der Waals surface area contributed by atoms with E-state index in [1.807, 2.05) is 0 Å². The predicted octanol–water partition coefficient (Wildman–Crippen LogP) is 4.24. The highest BCUT2D eigenvalue weighted by Crippen LogP contribution is 2.37. The number of carbonyl (C=O) groups excluding carboxylic acids is 1. The van der Waals surface area contributed by atoms with Gasteiger partial charge in [0.2, 0.25) is 10.0 Å². The van der Waals surface area contributed by atoms with Crippen molar-refractivity contribution in [3.05, 3.63) is 53.1 Å². The van der Waals surface area contributed by atoms with Gasteiger partial charge in [0.1, 0.15) is 5.75 Å². The summed E-state index contributed by atoms with van der Waals surface area (Å²) in [5, 5.41) is 2.10. The van der Waals surface area contributed by atoms with Crippen molar-refractivity contribution in [3.8, 4) is 5.75 Å². The molecule has 0 aromatic heterocycles. The lowest BCUT2D eigenvalue weighted by Gasteiger charge is -2.16. The first-order chi connectivity index (χ1) is 14.1. The fraction of sp³-hybridized carbons (Fsp3) is 0.278. The van der Waals surface area contributed by atoms with Gasteiger partial charge in [0.05, 0.1) is 28.8 Å². The van der Waals surface area contributed by atoms with Crippen LogP contribution in [0.2, 0.25) is 0 Å². The third-order valence-corrected chi connectivity index (χ3v) is 5.86. The van der Waals surface area contributed by atoms with Gasteiger partial charge < -0.3 is 10.1 Å². The topological polar surface area (TPSA) is 75.7 Å². The first-order valence-corrected chi connectivity index (χ1v) is 9.72. The maximum atomic E-state index is 13.0. The van der Waals surface area contributed by atoms with Crippen molar-refractivity contribution >= 4 is 21.6 Å². The molecule has 0 aliphatic carbocycles. The molecule has 0 radical (unpaired) electrons. The Kier molecular flexibility index (Phi) is 6.62. The number of carbonyl (C=O) groups is 1. The molecule has 2 aromatic carbocycles. The average molecular weight is 470 g/mol. The third kappa shape index (κ3) is 5.47. The number of anilines is 1. The number of sulfonamides is 1. The first kappa shape index (κ1) is 24.5. The minimum Gasteiger partial charge on any atom is -0.495 e. The zero-order chi connectivity index (χ0) is 23.8. The van der Waals surface area contributed by atoms with E-state index < -0.39 is 45.0 Å². The van der Waals surface area contributed by atoms with Crippen LogP contribution in [0.4, 0.5) is 32.0 Å². The monoisotopic (exact) mass is 470 g/mol. The summed E-state index contributed by atoms with van der Waals surface area (Å²) in [6, 6.07) is 3.73. The van der Waals surface area contributed by atoms with Gasteiger partial charge in [-0.05, 0) is 36.4 Å². The van der Waals surface area contributed by atoms with E-state index in [0.717, 1.165) is 16.4 Å². The summed E-state index contributed by atoms with van der Waals surface area (Å²) in [4.78, 5) is 12.2. The number of amides is 1. The molecule has 0 bridgehead atoms. The molecule has 31 heavy (non-hydrogen) atoms. The molecule has 0 saturated heterocycles. The Balaban J connectivity index is 2.54. The molecule has 2 aromatic rings. The number of nitrogens with one attached hydrogen (secondary N) is 1. The van der Waals surface area contributed by atoms with Crippen molar-refractivity contribution in [2.24, 2.45) is 0 Å². The summed E-state index contributed by atoms with van der Waals surface area (Å²) in [6.07, 6.45) is -10.3. The normalized spacial score (nSPS) is 12.7. The highest BCUT2D eigenvalue weighted by atomic mass is 32.2. The number of hydrogen-bond acceptors (Lipinski definition) is 4. The Hall–Kier alpha value is -2.80. The zero-order valence-corrected chi connectivity index (χ0v) is 17.0. The van der Waals surface area contributed by atoms with Crippen LogP contribution in [0.3, 0.4) is 0 Å². The van der Waals surface area contributed by atoms with E-state index in [4.69, 9.17) is 4.74 Å². The molecular weight excluding hydrogens is 454 g/mol. The van der Waals surface area contributed by atoms with Gasteiger partial charge in [-0.15, -0.1) is 0 Å². The number of ether oxygens (including phenoxy) is 1. The summed E-state index contributed by atoms with van der Waals surface area (Å²) in [5.74, 6) is -1.39. The fourth-order valence-corrected chi connectivity index (χ4v) is 3.36. The third-order valence-electron chi connectivity index (χ3n) is 4.05. The van der Waals surface area contributed by atoms with Crippen molar-refractivity contribution in [2.45, 2.75) is 17.2 Å². The second kappa shape index (κ2) is 8.38. The van der Waals surface area contributed by atoms with Gasteiger partial charge in [0, 0.05) is 19.7 Å². The van der Waals surface area contributed by atoms with Gasteiger partial charge in [-0.3, -0.25) is 4.79 Å². The summed E-state index contributed by atoms with van der Waals surface area (Å²) in [7, 11) is -0.272. The SMILES string of the molecule is COc1ccc(S(=O)(=O)N(C)C)cc1NC(=O)c1cc(C(F)(F)F)cc(C(F)(F)F)c1. The van der Waals surface area contributed by atoms with Crippen LogP contribution in [0.15, 0.2) is 41.3 Å². The van der Waals surface area contributed by atoms with Crippen LogP contribution < -0.4 is 10.1 Å². The maximum absolute atomic E-state index is 13.0. The largest absolute Gasteiger partial charge is 0.495 e. The molecule has 1 amide bonds. The van der Waals surface area contributed by atoms with Crippen molar-refractivity contribution in [3.63, 3.8) is 0 Å². The van der Waals surface area contributed by atoms with E-state index >= 15 is 0 Å². The van der Waals surface area contributed by atoms with Crippen LogP contribution in [-0.4, -0.2) is 39.8 Å². The van der Waals surface area contributed by atoms with E-state index in [-0.39, 0.29) is 34.5 Å². The number of hydrogen-bond donors (Lipinski definition) is 1. The second-order valence-corrected chi connectivity index (χ2v) is 8.55. The van der Waals surface area contributed by atoms with Crippen molar-refractivity contribution < 1.29 is 44.3 Å². The maximum Gasteiger partial charge on any atom is 0.416 e. The molecule has 0 unspecified atom stereocenters. The Morgan fingerprint density at radius 1 is 0.935 bits per heavy atom. The zero-order valence-electron chi connectivity index (χ0n) is 16.2. The van der Waals surface area contributed by atoms with E-state index in [9.17, 15) is 39.6 Å². The molecule has 0 saturated carbocycles. The number of benzene rings is 2. The Bertz CT molecular complexity index is 1060. The Morgan fingerprint density at radius 2 is 1.45 bits per heavy atom. The lowest BCUT2D eigenvalue weighted by molar-refractivity contribution is -0.143. The van der Waals surface area contributed by atoms with Crippen LogP contribution in [0.25, 0.3) is 0 Å². The predicted molar refractivity (Wildman–Crippen MR) is 98.3 cm³/mol. The second-order valence-electron chi connectivity index (χ2n) is 6.40. The molecule has 170 valence electrons. The number of alkyl halides is 6. The molecule has 0 heterocycles. The molecule has 6 nitrogen and oxygen atoms in total. The van der Waals surface area contributed by atoms with Crippen LogP contribution in [0, 0.1) is 0 Å². The summed E-state index contributed by atoms with van der Waals surface area (Å²) in [5.41, 5.74) is -4.52. The number of rotatable bonds is 5. The lowest BCUT2D eigenvalue weighted by atomic mass is 10.0. The molecule has 13 heteroatoms. The minimum atomic E-state index is -5.13. The Labute approximate surface area is 173 Å². The van der Waals surface area contributed by atoms with E-state index in [1.54, 1.807) is 0 Å². The van der Waals surface area contributed by atoms with Crippen LogP contribution >= 0.6 is 0 Å². The molecule has 2 rings (SSSR count). The molecule has 1 N–H and O–H groups in total. The molecule has 0 aliphatic heterocycles. The summed E-state index contributed by atoms with van der Waals surface area (Å²) < 4.78 is 108. The standard InChI is InChI=1S/C18H16F6N2O4S/c1-26(2)31(28,29)13-4-5-15(30-3)14(9-13)25-16(27)10-6-11(17(19,20)21)8-12(7-10)18(22,23)24/h4-9H,1-3H3,(H,25,27). The van der Waals surface area contributed by atoms with Gasteiger partial charge >= 0.3 is 12.4 Å². The van der Waals surface area contributed by atoms with Crippen molar-refractivity contribution in [1.29, 1.82) is 0 Å². The Morgan fingerprint density at radius 3 is 1.87 bits per heavy atom. The van der Waals surface area contributed by atoms with Gasteiger partial charge in [0.15, 0.2) is 0 Å². The molecular formula is C18H16F6N2O4S. The van der Waals surface area contributed by atoms with Gasteiger partial charge in [-0.25, -0.2) is 12.7 Å². The van der Waals surface area contributed by atoms with Crippen molar-refractivity contribution in [1.82, 2.24) is 4.31 Å². The fourth-order valence-electron chi connectivity index (χ4n) is 2.44. The summed E-state index contributed by atoms with van der Waals surface area (Å²) in [6.45, 7) is 0. The van der Waals surface area contributed by atoms with E-state index in [2.05, 4.69) is 5.32 Å². The first-order valence-electron chi connectivity index (χ1n) is 8.28. The highest BCUT2D eigenvalue weighted by Gasteiger charge is 2.37. The average Bonchev–Trinajstić information content (AvgIpc) is 2.66. The van der Waals surface area contributed by atoms with Gasteiger partial charge in [-0.1, -0.05) is 0 Å². The highest BCUT2D eigenvalue weighted by molar-refractivity contribution is 7.89.